The summed E-state index contributed by atoms with van der Waals surface area (Å²) < 4.78 is 5.27. The van der Waals surface area contributed by atoms with Gasteiger partial charge in [-0.2, -0.15) is 0 Å². The van der Waals surface area contributed by atoms with E-state index in [0.29, 0.717) is 6.61 Å². The number of para-hydroxylation sites is 3. The topological polar surface area (TPSA) is 43.2 Å². The van der Waals surface area contributed by atoms with E-state index in [9.17, 15) is 0 Å². The molecule has 0 spiro atoms. The molecule has 0 saturated carbocycles. The molecule has 0 amide bonds. The van der Waals surface area contributed by atoms with Gasteiger partial charge in [-0.1, -0.05) is 35.5 Å². The summed E-state index contributed by atoms with van der Waals surface area (Å²) >= 11 is 0. The van der Waals surface area contributed by atoms with Crippen molar-refractivity contribution in [3.05, 3.63) is 60.2 Å². The predicted molar refractivity (Wildman–Crippen MR) is 84.7 cm³/mol. The van der Waals surface area contributed by atoms with Crippen molar-refractivity contribution in [3.63, 3.8) is 0 Å². The molecular formula is C17H14N2O2. The second kappa shape index (κ2) is 6.52. The minimum absolute atomic E-state index is 0.594. The molecule has 4 nitrogen and oxygen atoms in total. The van der Waals surface area contributed by atoms with Crippen molar-refractivity contribution in [1.29, 1.82) is 0 Å². The van der Waals surface area contributed by atoms with Crippen LogP contribution in [-0.2, 0) is 0 Å². The van der Waals surface area contributed by atoms with Crippen molar-refractivity contribution in [3.8, 4) is 11.5 Å². The summed E-state index contributed by atoms with van der Waals surface area (Å²) in [5.74, 6) is 1.68. The first kappa shape index (κ1) is 13.1. The Hall–Kier alpha value is -2.88. The maximum atomic E-state index is 5.27. The molecule has 2 aliphatic rings. The Kier molecular flexibility index (Phi) is 4.07. The molecule has 0 N–H and O–H groups in total. The lowest BCUT2D eigenvalue weighted by molar-refractivity contribution is 0.344. The lowest BCUT2D eigenvalue weighted by Crippen LogP contribution is -2.01. The van der Waals surface area contributed by atoms with E-state index in [1.165, 1.54) is 0 Å². The summed E-state index contributed by atoms with van der Waals surface area (Å²) in [4.78, 5) is 9.20. The van der Waals surface area contributed by atoms with Gasteiger partial charge in [0, 0.05) is 11.8 Å². The van der Waals surface area contributed by atoms with Gasteiger partial charge in [-0.05, 0) is 30.4 Å². The molecule has 0 atom stereocenters. The van der Waals surface area contributed by atoms with Gasteiger partial charge >= 0.3 is 0 Å². The average Bonchev–Trinajstić information content (AvgIpc) is 2.81. The number of hydrogen-bond donors (Lipinski definition) is 0. The molecule has 4 rings (SSSR count). The summed E-state index contributed by atoms with van der Waals surface area (Å²) in [6.07, 6.45) is 7.21. The van der Waals surface area contributed by atoms with Crippen LogP contribution in [-0.4, -0.2) is 19.0 Å². The molecule has 0 aliphatic carbocycles. The van der Waals surface area contributed by atoms with Crippen LogP contribution in [0.4, 0.5) is 5.69 Å². The van der Waals surface area contributed by atoms with Crippen LogP contribution in [0.15, 0.2) is 64.8 Å². The van der Waals surface area contributed by atoms with Gasteiger partial charge in [0.05, 0.1) is 6.21 Å². The lowest BCUT2D eigenvalue weighted by atomic mass is 10.2. The van der Waals surface area contributed by atoms with Crippen LogP contribution in [0.2, 0.25) is 0 Å². The molecule has 2 aromatic carbocycles. The van der Waals surface area contributed by atoms with Crippen LogP contribution >= 0.6 is 0 Å². The van der Waals surface area contributed by atoms with Crippen molar-refractivity contribution in [2.75, 3.05) is 6.61 Å². The zero-order valence-electron chi connectivity index (χ0n) is 11.3. The fourth-order valence-corrected chi connectivity index (χ4v) is 1.92. The van der Waals surface area contributed by atoms with E-state index in [2.05, 4.69) is 10.1 Å². The highest BCUT2D eigenvalue weighted by atomic mass is 16.6. The van der Waals surface area contributed by atoms with Gasteiger partial charge in [-0.3, -0.25) is 4.99 Å². The quantitative estimate of drug-likeness (QED) is 0.734. The van der Waals surface area contributed by atoms with Gasteiger partial charge in [0.1, 0.15) is 18.0 Å². The SMILES string of the molecule is C1=Cc2ccccc2ON=C1.C1=Nc2ccccc2OC1. The van der Waals surface area contributed by atoms with Crippen LogP contribution in [0.5, 0.6) is 11.5 Å². The minimum Gasteiger partial charge on any atom is -0.486 e. The summed E-state index contributed by atoms with van der Waals surface area (Å²) in [6.45, 7) is 0.594. The zero-order chi connectivity index (χ0) is 14.3. The smallest absolute Gasteiger partial charge is 0.165 e. The van der Waals surface area contributed by atoms with E-state index in [4.69, 9.17) is 9.57 Å². The number of rotatable bonds is 0. The molecule has 0 bridgehead atoms. The van der Waals surface area contributed by atoms with Crippen LogP contribution in [0.1, 0.15) is 5.56 Å². The monoisotopic (exact) mass is 278 g/mol. The molecule has 2 heterocycles. The third-order valence-electron chi connectivity index (χ3n) is 2.90. The predicted octanol–water partition coefficient (Wildman–Crippen LogP) is 3.86. The molecule has 0 unspecified atom stereocenters. The highest BCUT2D eigenvalue weighted by Crippen LogP contribution is 2.27. The molecule has 2 aliphatic heterocycles. The van der Waals surface area contributed by atoms with E-state index in [-0.39, 0.29) is 0 Å². The van der Waals surface area contributed by atoms with Crippen molar-refractivity contribution >= 4 is 24.2 Å². The maximum Gasteiger partial charge on any atom is 0.165 e. The van der Waals surface area contributed by atoms with Gasteiger partial charge < -0.3 is 9.57 Å². The fraction of sp³-hybridized carbons (Fsp3) is 0.0588. The molecule has 0 fully saturated rings. The number of oxime groups is 1. The molecule has 0 radical (unpaired) electrons. The normalized spacial score (nSPS) is 13.7. The van der Waals surface area contributed by atoms with Gasteiger partial charge in [-0.25, -0.2) is 0 Å². The van der Waals surface area contributed by atoms with Crippen molar-refractivity contribution in [2.24, 2.45) is 10.1 Å². The van der Waals surface area contributed by atoms with E-state index in [0.717, 1.165) is 22.7 Å². The molecule has 0 saturated heterocycles. The second-order valence-electron chi connectivity index (χ2n) is 4.33. The number of aliphatic imine (C=N–C) groups is 1. The third-order valence-corrected chi connectivity index (χ3v) is 2.90. The fourth-order valence-electron chi connectivity index (χ4n) is 1.92. The van der Waals surface area contributed by atoms with E-state index >= 15 is 0 Å². The Morgan fingerprint density at radius 2 is 1.71 bits per heavy atom. The standard InChI is InChI=1S/C9H7NO.C8H7NO/c1-2-6-9-8(4-1)5-3-7-10-11-9;1-2-4-8-7(3-1)9-5-6-10-8/h1-7H;1-5H,6H2. The number of hydrogen-bond acceptors (Lipinski definition) is 4. The number of nitrogens with zero attached hydrogens (tertiary/aromatic N) is 2. The first-order valence-electron chi connectivity index (χ1n) is 6.64. The number of benzene rings is 2. The molecule has 0 aromatic heterocycles. The Morgan fingerprint density at radius 3 is 2.62 bits per heavy atom. The number of ether oxygens (including phenoxy) is 1. The Labute approximate surface area is 123 Å². The first-order chi connectivity index (χ1) is 10.4. The molecular weight excluding hydrogens is 264 g/mol. The zero-order valence-corrected chi connectivity index (χ0v) is 11.3. The van der Waals surface area contributed by atoms with E-state index in [1.807, 2.05) is 60.7 Å². The molecule has 4 heteroatoms. The van der Waals surface area contributed by atoms with E-state index < -0.39 is 0 Å². The van der Waals surface area contributed by atoms with Crippen molar-refractivity contribution in [2.45, 2.75) is 0 Å². The Balaban J connectivity index is 0.000000126. The van der Waals surface area contributed by atoms with Gasteiger partial charge in [-0.15, -0.1) is 0 Å². The number of allylic oxidation sites excluding steroid dienone is 1. The first-order valence-corrected chi connectivity index (χ1v) is 6.64. The van der Waals surface area contributed by atoms with Crippen molar-refractivity contribution in [1.82, 2.24) is 0 Å². The Morgan fingerprint density at radius 1 is 0.905 bits per heavy atom. The summed E-state index contributed by atoms with van der Waals surface area (Å²) in [5.41, 5.74) is 1.98. The molecule has 104 valence electrons. The minimum atomic E-state index is 0.594. The average molecular weight is 278 g/mol. The van der Waals surface area contributed by atoms with Gasteiger partial charge in [0.2, 0.25) is 0 Å². The third kappa shape index (κ3) is 3.36. The van der Waals surface area contributed by atoms with Crippen molar-refractivity contribution < 1.29 is 9.57 Å². The largest absolute Gasteiger partial charge is 0.486 e. The lowest BCUT2D eigenvalue weighted by Gasteiger charge is -2.09. The van der Waals surface area contributed by atoms with E-state index in [1.54, 1.807) is 12.4 Å². The van der Waals surface area contributed by atoms with Gasteiger partial charge in [0.15, 0.2) is 5.75 Å². The highest BCUT2D eigenvalue weighted by molar-refractivity contribution is 5.80. The summed E-state index contributed by atoms with van der Waals surface area (Å²) in [7, 11) is 0. The Bertz CT molecular complexity index is 705. The number of fused-ring (bicyclic) bond motifs is 2. The van der Waals surface area contributed by atoms with Crippen LogP contribution in [0.25, 0.3) is 6.08 Å². The highest BCUT2D eigenvalue weighted by Gasteiger charge is 2.02. The van der Waals surface area contributed by atoms with Crippen LogP contribution in [0, 0.1) is 0 Å². The van der Waals surface area contributed by atoms with Crippen LogP contribution in [0.3, 0.4) is 0 Å². The summed E-state index contributed by atoms with van der Waals surface area (Å²) in [5, 5.41) is 3.70. The van der Waals surface area contributed by atoms with Crippen LogP contribution < -0.4 is 9.57 Å². The maximum absolute atomic E-state index is 5.27. The second-order valence-corrected chi connectivity index (χ2v) is 4.33. The van der Waals surface area contributed by atoms with Gasteiger partial charge in [0.25, 0.3) is 0 Å². The molecule has 21 heavy (non-hydrogen) atoms. The summed E-state index contributed by atoms with van der Waals surface area (Å²) in [6, 6.07) is 15.5. The molecule has 2 aromatic rings.